The second kappa shape index (κ2) is 6.55. The molecule has 3 amide bonds. The fourth-order valence-electron chi connectivity index (χ4n) is 2.58. The number of fused-ring (bicyclic) bond motifs is 1. The topological polar surface area (TPSA) is 110 Å². The smallest absolute Gasteiger partial charge is 0.282 e. The Balaban J connectivity index is 2.19. The van der Waals surface area contributed by atoms with Crippen molar-refractivity contribution in [3.05, 3.63) is 39.4 Å². The zero-order valence-electron chi connectivity index (χ0n) is 12.9. The zero-order chi connectivity index (χ0) is 17.1. The minimum Gasteiger partial charge on any atom is -0.352 e. The maximum atomic E-state index is 12.3. The van der Waals surface area contributed by atoms with E-state index in [1.165, 1.54) is 12.1 Å². The van der Waals surface area contributed by atoms with Crippen LogP contribution >= 0.6 is 0 Å². The van der Waals surface area contributed by atoms with Gasteiger partial charge in [-0.3, -0.25) is 29.4 Å². The van der Waals surface area contributed by atoms with Gasteiger partial charge in [0, 0.05) is 12.1 Å². The fourth-order valence-corrected chi connectivity index (χ4v) is 2.58. The summed E-state index contributed by atoms with van der Waals surface area (Å²) in [6, 6.07) is 3.78. The molecule has 0 aliphatic carbocycles. The van der Waals surface area contributed by atoms with Crippen LogP contribution < -0.4 is 5.32 Å². The standard InChI is InChI=1S/C15H17N3O5/c1-3-5-9(2)16-12(19)8-17-14(20)10-6-4-7-11(18(22)23)13(10)15(17)21/h4,6-7,9H,3,5,8H2,1-2H3,(H,16,19)/t9-/m0/s1. The minimum atomic E-state index is -0.810. The van der Waals surface area contributed by atoms with Crippen molar-refractivity contribution in [2.24, 2.45) is 0 Å². The molecule has 2 rings (SSSR count). The van der Waals surface area contributed by atoms with Crippen LogP contribution in [0.3, 0.4) is 0 Å². The third-order valence-corrected chi connectivity index (χ3v) is 3.60. The number of carbonyl (C=O) groups is 3. The van der Waals surface area contributed by atoms with Crippen molar-refractivity contribution >= 4 is 23.4 Å². The minimum absolute atomic E-state index is 0.0430. The number of benzene rings is 1. The molecule has 0 fully saturated rings. The van der Waals surface area contributed by atoms with Gasteiger partial charge in [0.15, 0.2) is 0 Å². The first kappa shape index (κ1) is 16.6. The van der Waals surface area contributed by atoms with E-state index in [2.05, 4.69) is 5.32 Å². The Morgan fingerprint density at radius 3 is 2.65 bits per heavy atom. The number of amides is 3. The van der Waals surface area contributed by atoms with E-state index in [0.717, 1.165) is 23.8 Å². The van der Waals surface area contributed by atoms with E-state index in [-0.39, 0.29) is 17.2 Å². The van der Waals surface area contributed by atoms with Crippen molar-refractivity contribution in [2.75, 3.05) is 6.54 Å². The Morgan fingerprint density at radius 1 is 1.35 bits per heavy atom. The SMILES string of the molecule is CCC[C@H](C)NC(=O)CN1C(=O)c2cccc([N+](=O)[O-])c2C1=O. The van der Waals surface area contributed by atoms with Gasteiger partial charge in [0.05, 0.1) is 10.5 Å². The van der Waals surface area contributed by atoms with Gasteiger partial charge >= 0.3 is 0 Å². The van der Waals surface area contributed by atoms with Crippen LogP contribution in [-0.4, -0.2) is 40.1 Å². The number of nitro groups is 1. The van der Waals surface area contributed by atoms with Gasteiger partial charge in [-0.25, -0.2) is 0 Å². The Labute approximate surface area is 132 Å². The number of hydrogen-bond donors (Lipinski definition) is 1. The average molecular weight is 319 g/mol. The van der Waals surface area contributed by atoms with Crippen molar-refractivity contribution in [1.29, 1.82) is 0 Å². The second-order valence-corrected chi connectivity index (χ2v) is 5.41. The fraction of sp³-hybridized carbons (Fsp3) is 0.400. The summed E-state index contributed by atoms with van der Waals surface area (Å²) in [6.07, 6.45) is 1.67. The van der Waals surface area contributed by atoms with Gasteiger partial charge in [0.1, 0.15) is 12.1 Å². The Hall–Kier alpha value is -2.77. The van der Waals surface area contributed by atoms with Crippen LogP contribution in [0.5, 0.6) is 0 Å². The highest BCUT2D eigenvalue weighted by molar-refractivity contribution is 6.24. The Bertz CT molecular complexity index is 686. The number of nitrogens with zero attached hydrogens (tertiary/aromatic N) is 2. The zero-order valence-corrected chi connectivity index (χ0v) is 12.9. The predicted molar refractivity (Wildman–Crippen MR) is 81.0 cm³/mol. The third-order valence-electron chi connectivity index (χ3n) is 3.60. The quantitative estimate of drug-likeness (QED) is 0.485. The van der Waals surface area contributed by atoms with Crippen molar-refractivity contribution in [3.8, 4) is 0 Å². The van der Waals surface area contributed by atoms with E-state index in [1.807, 2.05) is 13.8 Å². The van der Waals surface area contributed by atoms with Crippen LogP contribution in [0.2, 0.25) is 0 Å². The highest BCUT2D eigenvalue weighted by Gasteiger charge is 2.41. The van der Waals surface area contributed by atoms with Crippen molar-refractivity contribution in [2.45, 2.75) is 32.7 Å². The molecular formula is C15H17N3O5. The van der Waals surface area contributed by atoms with Crippen LogP contribution in [0.25, 0.3) is 0 Å². The lowest BCUT2D eigenvalue weighted by Gasteiger charge is -2.16. The Kier molecular flexibility index (Phi) is 4.73. The molecule has 23 heavy (non-hydrogen) atoms. The van der Waals surface area contributed by atoms with E-state index >= 15 is 0 Å². The summed E-state index contributed by atoms with van der Waals surface area (Å²) in [5.74, 6) is -1.97. The van der Waals surface area contributed by atoms with Crippen LogP contribution in [0.15, 0.2) is 18.2 Å². The van der Waals surface area contributed by atoms with Gasteiger partial charge in [0.2, 0.25) is 5.91 Å². The molecule has 1 aliphatic rings. The van der Waals surface area contributed by atoms with Crippen LogP contribution in [-0.2, 0) is 4.79 Å². The molecule has 1 N–H and O–H groups in total. The summed E-state index contributed by atoms with van der Waals surface area (Å²) < 4.78 is 0. The van der Waals surface area contributed by atoms with Gasteiger partial charge in [-0.2, -0.15) is 0 Å². The first-order valence-corrected chi connectivity index (χ1v) is 7.29. The lowest BCUT2D eigenvalue weighted by Crippen LogP contribution is -2.43. The monoisotopic (exact) mass is 319 g/mol. The molecule has 0 radical (unpaired) electrons. The van der Waals surface area contributed by atoms with Crippen molar-refractivity contribution in [1.82, 2.24) is 10.2 Å². The average Bonchev–Trinajstić information content (AvgIpc) is 2.72. The van der Waals surface area contributed by atoms with Gasteiger partial charge < -0.3 is 5.32 Å². The molecule has 1 aromatic rings. The van der Waals surface area contributed by atoms with Gasteiger partial charge in [-0.15, -0.1) is 0 Å². The van der Waals surface area contributed by atoms with E-state index in [1.54, 1.807) is 0 Å². The molecule has 0 saturated heterocycles. The lowest BCUT2D eigenvalue weighted by atomic mass is 10.1. The summed E-state index contributed by atoms with van der Waals surface area (Å²) in [4.78, 5) is 47.5. The molecule has 1 aliphatic heterocycles. The van der Waals surface area contributed by atoms with Gasteiger partial charge in [0.25, 0.3) is 17.5 Å². The van der Waals surface area contributed by atoms with E-state index in [0.29, 0.717) is 0 Å². The highest BCUT2D eigenvalue weighted by atomic mass is 16.6. The van der Waals surface area contributed by atoms with E-state index in [4.69, 9.17) is 0 Å². The molecule has 8 nitrogen and oxygen atoms in total. The third kappa shape index (κ3) is 3.20. The van der Waals surface area contributed by atoms with E-state index in [9.17, 15) is 24.5 Å². The van der Waals surface area contributed by atoms with Crippen molar-refractivity contribution in [3.63, 3.8) is 0 Å². The number of nitro benzene ring substituents is 1. The lowest BCUT2D eigenvalue weighted by molar-refractivity contribution is -0.385. The van der Waals surface area contributed by atoms with E-state index < -0.39 is 34.9 Å². The molecule has 1 heterocycles. The normalized spacial score (nSPS) is 14.6. The largest absolute Gasteiger partial charge is 0.352 e. The number of nitrogens with one attached hydrogen (secondary N) is 1. The second-order valence-electron chi connectivity index (χ2n) is 5.41. The molecule has 0 saturated carbocycles. The first-order chi connectivity index (χ1) is 10.9. The number of imide groups is 1. The molecule has 1 aromatic carbocycles. The molecule has 0 aromatic heterocycles. The summed E-state index contributed by atoms with van der Waals surface area (Å²) in [6.45, 7) is 3.36. The molecular weight excluding hydrogens is 302 g/mol. The summed E-state index contributed by atoms with van der Waals surface area (Å²) in [5, 5.41) is 13.7. The number of hydrogen-bond acceptors (Lipinski definition) is 5. The summed E-state index contributed by atoms with van der Waals surface area (Å²) >= 11 is 0. The summed E-state index contributed by atoms with van der Waals surface area (Å²) in [5.41, 5.74) is -0.723. The highest BCUT2D eigenvalue weighted by Crippen LogP contribution is 2.30. The summed E-state index contributed by atoms with van der Waals surface area (Å²) in [7, 11) is 0. The molecule has 0 spiro atoms. The first-order valence-electron chi connectivity index (χ1n) is 7.29. The Morgan fingerprint density at radius 2 is 2.04 bits per heavy atom. The number of rotatable bonds is 6. The molecule has 122 valence electrons. The molecule has 0 unspecified atom stereocenters. The van der Waals surface area contributed by atoms with Crippen LogP contribution in [0.1, 0.15) is 47.4 Å². The maximum absolute atomic E-state index is 12.3. The molecule has 8 heteroatoms. The van der Waals surface area contributed by atoms with Crippen LogP contribution in [0, 0.1) is 10.1 Å². The molecule has 1 atom stereocenters. The van der Waals surface area contributed by atoms with Gasteiger partial charge in [-0.1, -0.05) is 19.4 Å². The van der Waals surface area contributed by atoms with Gasteiger partial charge in [-0.05, 0) is 19.4 Å². The predicted octanol–water partition coefficient (Wildman–Crippen LogP) is 1.50. The molecule has 0 bridgehead atoms. The van der Waals surface area contributed by atoms with Crippen molar-refractivity contribution < 1.29 is 19.3 Å². The van der Waals surface area contributed by atoms with Crippen LogP contribution in [0.4, 0.5) is 5.69 Å². The number of carbonyl (C=O) groups excluding carboxylic acids is 3. The maximum Gasteiger partial charge on any atom is 0.282 e.